The Morgan fingerprint density at radius 2 is 0.839 bits per heavy atom. The van der Waals surface area contributed by atoms with Gasteiger partial charge in [-0.15, -0.1) is 0 Å². The topological polar surface area (TPSA) is 95.9 Å². The lowest BCUT2D eigenvalue weighted by atomic mass is 10.0. The average Bonchev–Trinajstić information content (AvgIpc) is 3.20. The number of amides is 1. The van der Waals surface area contributed by atoms with Gasteiger partial charge in [-0.25, -0.2) is 0 Å². The first-order chi connectivity index (χ1) is 27.5. The van der Waals surface area contributed by atoms with E-state index < -0.39 is 12.1 Å². The summed E-state index contributed by atoms with van der Waals surface area (Å²) in [6.07, 6.45) is 53.3. The standard InChI is InChI=1S/C50H95NO5/c1-3-5-7-9-11-13-15-16-17-18-19-20-21-24-28-32-36-40-44-50(55)56-45-41-37-33-29-25-22-23-27-31-35-39-43-49(54)51-47(46-52)48(53)42-38-34-30-26-14-12-10-8-6-4-2/h25,29,38,42,47-48,52-53H,3-24,26-28,30-37,39-41,43-46H2,1-2H3,(H,51,54)/b29-25-,42-38+. The Labute approximate surface area is 348 Å². The van der Waals surface area contributed by atoms with Gasteiger partial charge in [0.1, 0.15) is 0 Å². The van der Waals surface area contributed by atoms with E-state index in [0.717, 1.165) is 83.5 Å². The van der Waals surface area contributed by atoms with Crippen molar-refractivity contribution in [1.29, 1.82) is 0 Å². The lowest BCUT2D eigenvalue weighted by Crippen LogP contribution is -2.45. The van der Waals surface area contributed by atoms with Crippen molar-refractivity contribution >= 4 is 11.9 Å². The summed E-state index contributed by atoms with van der Waals surface area (Å²) in [5, 5.41) is 22.9. The number of hydrogen-bond acceptors (Lipinski definition) is 5. The van der Waals surface area contributed by atoms with Crippen LogP contribution in [0.3, 0.4) is 0 Å². The fourth-order valence-electron chi connectivity index (χ4n) is 7.39. The molecule has 6 nitrogen and oxygen atoms in total. The van der Waals surface area contributed by atoms with Crippen molar-refractivity contribution in [3.8, 4) is 0 Å². The molecule has 0 saturated carbocycles. The third-order valence-corrected chi connectivity index (χ3v) is 11.2. The second kappa shape index (κ2) is 46.0. The first-order valence-electron chi connectivity index (χ1n) is 24.6. The molecule has 6 heteroatoms. The van der Waals surface area contributed by atoms with Crippen molar-refractivity contribution in [2.24, 2.45) is 0 Å². The molecule has 0 heterocycles. The molecule has 0 aromatic carbocycles. The van der Waals surface area contributed by atoms with Crippen LogP contribution in [0.25, 0.3) is 0 Å². The summed E-state index contributed by atoms with van der Waals surface area (Å²) in [7, 11) is 0. The van der Waals surface area contributed by atoms with Gasteiger partial charge in [0.05, 0.1) is 25.4 Å². The molecule has 0 aromatic rings. The molecule has 0 saturated heterocycles. The van der Waals surface area contributed by atoms with Gasteiger partial charge in [-0.05, 0) is 57.8 Å². The van der Waals surface area contributed by atoms with Crippen molar-refractivity contribution in [3.05, 3.63) is 24.3 Å². The number of rotatable bonds is 45. The average molecular weight is 790 g/mol. The molecule has 330 valence electrons. The third-order valence-electron chi connectivity index (χ3n) is 11.2. The minimum atomic E-state index is -0.860. The van der Waals surface area contributed by atoms with E-state index in [0.29, 0.717) is 19.4 Å². The molecular weight excluding hydrogens is 695 g/mol. The maximum Gasteiger partial charge on any atom is 0.305 e. The van der Waals surface area contributed by atoms with Crippen LogP contribution in [0.1, 0.15) is 258 Å². The second-order valence-electron chi connectivity index (χ2n) is 16.8. The van der Waals surface area contributed by atoms with Gasteiger partial charge in [-0.3, -0.25) is 9.59 Å². The molecule has 0 spiro atoms. The number of esters is 1. The number of carbonyl (C=O) groups is 2. The number of carbonyl (C=O) groups excluding carboxylic acids is 2. The quantitative estimate of drug-likeness (QED) is 0.0324. The van der Waals surface area contributed by atoms with Gasteiger partial charge < -0.3 is 20.3 Å². The highest BCUT2D eigenvalue weighted by molar-refractivity contribution is 5.76. The summed E-state index contributed by atoms with van der Waals surface area (Å²) in [5.74, 6) is -0.129. The molecule has 0 radical (unpaired) electrons. The zero-order valence-electron chi connectivity index (χ0n) is 37.4. The maximum absolute atomic E-state index is 12.4. The molecule has 0 aliphatic carbocycles. The van der Waals surface area contributed by atoms with E-state index in [1.54, 1.807) is 6.08 Å². The van der Waals surface area contributed by atoms with Crippen molar-refractivity contribution in [1.82, 2.24) is 5.32 Å². The van der Waals surface area contributed by atoms with Crippen LogP contribution in [0.15, 0.2) is 24.3 Å². The molecule has 56 heavy (non-hydrogen) atoms. The van der Waals surface area contributed by atoms with Crippen LogP contribution in [0.2, 0.25) is 0 Å². The number of ether oxygens (including phenoxy) is 1. The smallest absolute Gasteiger partial charge is 0.305 e. The largest absolute Gasteiger partial charge is 0.466 e. The summed E-state index contributed by atoms with van der Waals surface area (Å²) < 4.78 is 5.44. The van der Waals surface area contributed by atoms with E-state index in [4.69, 9.17) is 4.74 Å². The second-order valence-corrected chi connectivity index (χ2v) is 16.8. The third kappa shape index (κ3) is 42.0. The molecule has 0 aliphatic heterocycles. The predicted octanol–water partition coefficient (Wildman–Crippen LogP) is 14.3. The van der Waals surface area contributed by atoms with E-state index in [-0.39, 0.29) is 18.5 Å². The van der Waals surface area contributed by atoms with Gasteiger partial charge in [-0.1, -0.05) is 212 Å². The number of nitrogens with one attached hydrogen (secondary N) is 1. The SMILES string of the molecule is CCCCCCCCCC/C=C/C(O)C(CO)NC(=O)CCCCCCC/C=C\CCCCOC(=O)CCCCCCCCCCCCCCCCCCCC. The van der Waals surface area contributed by atoms with Gasteiger partial charge >= 0.3 is 5.97 Å². The Hall–Kier alpha value is -1.66. The molecule has 3 N–H and O–H groups in total. The molecular formula is C50H95NO5. The Morgan fingerprint density at radius 1 is 0.482 bits per heavy atom. The van der Waals surface area contributed by atoms with Gasteiger partial charge in [0.2, 0.25) is 5.91 Å². The first-order valence-corrected chi connectivity index (χ1v) is 24.6. The van der Waals surface area contributed by atoms with E-state index >= 15 is 0 Å². The Kier molecular flexibility index (Phi) is 44.7. The number of hydrogen-bond donors (Lipinski definition) is 3. The highest BCUT2D eigenvalue weighted by atomic mass is 16.5. The lowest BCUT2D eigenvalue weighted by Gasteiger charge is -2.20. The van der Waals surface area contributed by atoms with Gasteiger partial charge in [-0.2, -0.15) is 0 Å². The molecule has 0 rings (SSSR count). The Morgan fingerprint density at radius 3 is 1.27 bits per heavy atom. The summed E-state index contributed by atoms with van der Waals surface area (Å²) in [4.78, 5) is 24.4. The minimum Gasteiger partial charge on any atom is -0.466 e. The summed E-state index contributed by atoms with van der Waals surface area (Å²) in [5.41, 5.74) is 0. The van der Waals surface area contributed by atoms with Crippen LogP contribution in [0.4, 0.5) is 0 Å². The molecule has 0 aliphatic rings. The maximum atomic E-state index is 12.4. The van der Waals surface area contributed by atoms with Crippen LogP contribution in [0, 0.1) is 0 Å². The predicted molar refractivity (Wildman–Crippen MR) is 241 cm³/mol. The molecule has 0 bridgehead atoms. The fraction of sp³-hybridized carbons (Fsp3) is 0.880. The monoisotopic (exact) mass is 790 g/mol. The zero-order chi connectivity index (χ0) is 40.8. The summed E-state index contributed by atoms with van der Waals surface area (Å²) >= 11 is 0. The number of aliphatic hydroxyl groups is 2. The van der Waals surface area contributed by atoms with Crippen LogP contribution in [0.5, 0.6) is 0 Å². The Bertz CT molecular complexity index is 874. The van der Waals surface area contributed by atoms with Crippen molar-refractivity contribution in [2.75, 3.05) is 13.2 Å². The summed E-state index contributed by atoms with van der Waals surface area (Å²) in [6, 6.07) is -0.646. The highest BCUT2D eigenvalue weighted by Crippen LogP contribution is 2.16. The Balaban J connectivity index is 3.49. The van der Waals surface area contributed by atoms with Crippen LogP contribution >= 0.6 is 0 Å². The van der Waals surface area contributed by atoms with Gasteiger partial charge in [0.15, 0.2) is 0 Å². The number of aliphatic hydroxyl groups excluding tert-OH is 2. The van der Waals surface area contributed by atoms with Crippen LogP contribution in [-0.2, 0) is 14.3 Å². The number of unbranched alkanes of at least 4 members (excludes halogenated alkanes) is 32. The van der Waals surface area contributed by atoms with Crippen molar-refractivity contribution in [3.63, 3.8) is 0 Å². The van der Waals surface area contributed by atoms with Crippen molar-refractivity contribution in [2.45, 2.75) is 270 Å². The minimum absolute atomic E-state index is 0.0296. The molecule has 2 unspecified atom stereocenters. The van der Waals surface area contributed by atoms with E-state index in [9.17, 15) is 19.8 Å². The molecule has 0 fully saturated rings. The lowest BCUT2D eigenvalue weighted by molar-refractivity contribution is -0.143. The molecule has 2 atom stereocenters. The van der Waals surface area contributed by atoms with Crippen LogP contribution in [-0.4, -0.2) is 47.4 Å². The normalized spacial score (nSPS) is 12.9. The van der Waals surface area contributed by atoms with E-state index in [1.807, 2.05) is 6.08 Å². The fourth-order valence-corrected chi connectivity index (χ4v) is 7.39. The molecule has 1 amide bonds. The summed E-state index contributed by atoms with van der Waals surface area (Å²) in [6.45, 7) is 4.80. The van der Waals surface area contributed by atoms with Crippen LogP contribution < -0.4 is 5.32 Å². The van der Waals surface area contributed by atoms with E-state index in [1.165, 1.54) is 148 Å². The number of allylic oxidation sites excluding steroid dienone is 3. The highest BCUT2D eigenvalue weighted by Gasteiger charge is 2.18. The first kappa shape index (κ1) is 54.3. The molecule has 0 aromatic heterocycles. The van der Waals surface area contributed by atoms with Crippen molar-refractivity contribution < 1.29 is 24.5 Å². The van der Waals surface area contributed by atoms with Gasteiger partial charge in [0.25, 0.3) is 0 Å². The van der Waals surface area contributed by atoms with Gasteiger partial charge in [0, 0.05) is 12.8 Å². The zero-order valence-corrected chi connectivity index (χ0v) is 37.4. The van der Waals surface area contributed by atoms with E-state index in [2.05, 4.69) is 31.3 Å².